The molecule has 12 heteroatoms. The highest BCUT2D eigenvalue weighted by Gasteiger charge is 2.41. The van der Waals surface area contributed by atoms with Gasteiger partial charge in [-0.3, -0.25) is 4.79 Å². The van der Waals surface area contributed by atoms with Crippen molar-refractivity contribution in [3.05, 3.63) is 35.6 Å². The number of nitrogen functional groups attached to an aromatic ring is 1. The maximum Gasteiger partial charge on any atom is 0.281 e. The van der Waals surface area contributed by atoms with Gasteiger partial charge in [-0.2, -0.15) is 13.4 Å². The summed E-state index contributed by atoms with van der Waals surface area (Å²) in [6.45, 7) is 7.45. The monoisotopic (exact) mass is 493 g/mol. The molecule has 2 aliphatic heterocycles. The van der Waals surface area contributed by atoms with Crippen LogP contribution in [0.15, 0.2) is 29.3 Å². The van der Waals surface area contributed by atoms with Gasteiger partial charge in [0, 0.05) is 18.5 Å². The lowest BCUT2D eigenvalue weighted by Crippen LogP contribution is -2.44. The van der Waals surface area contributed by atoms with Crippen LogP contribution in [-0.2, 0) is 14.8 Å². The summed E-state index contributed by atoms with van der Waals surface area (Å²) in [7, 11) is -4.36. The second-order valence-electron chi connectivity index (χ2n) is 9.08. The number of carbonyl (C=O) groups is 1. The van der Waals surface area contributed by atoms with Gasteiger partial charge in [0.15, 0.2) is 10.8 Å². The fraction of sp³-hybridized carbons (Fsp3) is 0.500. The van der Waals surface area contributed by atoms with Crippen LogP contribution in [0.25, 0.3) is 0 Å². The zero-order valence-corrected chi connectivity index (χ0v) is 20.1. The van der Waals surface area contributed by atoms with Crippen LogP contribution in [0.3, 0.4) is 0 Å². The van der Waals surface area contributed by atoms with E-state index in [1.807, 2.05) is 23.5 Å². The highest BCUT2D eigenvalue weighted by atomic mass is 32.2. The number of hydrogen-bond acceptors (Lipinski definition) is 9. The largest absolute Gasteiger partial charge is 0.470 e. The summed E-state index contributed by atoms with van der Waals surface area (Å²) in [5.41, 5.74) is 4.94. The molecule has 2 aromatic heterocycles. The molecule has 4 rings (SSSR count). The average molecular weight is 494 g/mol. The summed E-state index contributed by atoms with van der Waals surface area (Å²) >= 11 is 0. The molecule has 0 aliphatic carbocycles. The van der Waals surface area contributed by atoms with Crippen LogP contribution in [0.1, 0.15) is 44.0 Å². The second-order valence-corrected chi connectivity index (χ2v) is 10.7. The minimum atomic E-state index is -4.36. The Hall–Kier alpha value is -2.99. The maximum atomic E-state index is 15.0. The third-order valence-electron chi connectivity index (χ3n) is 6.53. The molecule has 2 atom stereocenters. The molecule has 2 fully saturated rings. The number of sulfonamides is 1. The Morgan fingerprint density at radius 1 is 1.32 bits per heavy atom. The lowest BCUT2D eigenvalue weighted by molar-refractivity contribution is 0.0980. The molecule has 0 radical (unpaired) electrons. The van der Waals surface area contributed by atoms with E-state index in [0.29, 0.717) is 26.2 Å². The van der Waals surface area contributed by atoms with Gasteiger partial charge in [0.25, 0.3) is 21.8 Å². The minimum Gasteiger partial charge on any atom is -0.470 e. The van der Waals surface area contributed by atoms with E-state index in [4.69, 9.17) is 15.2 Å². The van der Waals surface area contributed by atoms with Gasteiger partial charge in [-0.05, 0) is 44.4 Å². The fourth-order valence-corrected chi connectivity index (χ4v) is 5.04. The molecule has 1 amide bonds. The van der Waals surface area contributed by atoms with E-state index >= 15 is 4.39 Å². The normalized spacial score (nSPS) is 22.1. The number of nitrogens with one attached hydrogen (secondary N) is 1. The first kappa shape index (κ1) is 24.1. The molecular weight excluding hydrogens is 465 g/mol. The van der Waals surface area contributed by atoms with Gasteiger partial charge in [0.1, 0.15) is 17.7 Å². The minimum absolute atomic E-state index is 0.0195. The molecular formula is C22H28FN5O5S. The van der Waals surface area contributed by atoms with Crippen molar-refractivity contribution in [3.63, 3.8) is 0 Å². The number of halogens is 1. The van der Waals surface area contributed by atoms with Gasteiger partial charge in [0.05, 0.1) is 18.8 Å². The number of nitrogens with zero attached hydrogens (tertiary/aromatic N) is 3. The molecule has 3 N–H and O–H groups in total. The highest BCUT2D eigenvalue weighted by molar-refractivity contribution is 7.90. The second kappa shape index (κ2) is 8.99. The van der Waals surface area contributed by atoms with Crippen LogP contribution in [-0.4, -0.2) is 55.7 Å². The smallest absolute Gasteiger partial charge is 0.281 e. The molecule has 0 bridgehead atoms. The molecule has 34 heavy (non-hydrogen) atoms. The summed E-state index contributed by atoms with van der Waals surface area (Å²) in [5, 5.41) is -0.424. The van der Waals surface area contributed by atoms with Gasteiger partial charge in [-0.15, -0.1) is 0 Å². The van der Waals surface area contributed by atoms with Crippen molar-refractivity contribution >= 4 is 27.6 Å². The van der Waals surface area contributed by atoms with Crippen LogP contribution >= 0.6 is 0 Å². The van der Waals surface area contributed by atoms with Crippen LogP contribution < -0.4 is 20.1 Å². The van der Waals surface area contributed by atoms with Crippen LogP contribution in [0, 0.1) is 11.7 Å². The Bertz CT molecular complexity index is 1200. The van der Waals surface area contributed by atoms with Gasteiger partial charge >= 0.3 is 0 Å². The molecule has 4 heterocycles. The van der Waals surface area contributed by atoms with Gasteiger partial charge in [0.2, 0.25) is 0 Å². The highest BCUT2D eigenvalue weighted by Crippen LogP contribution is 2.40. The number of carbonyl (C=O) groups excluding carboxylic acids is 1. The lowest BCUT2D eigenvalue weighted by atomic mass is 9.90. The molecule has 2 aromatic rings. The van der Waals surface area contributed by atoms with Crippen molar-refractivity contribution in [3.8, 4) is 5.88 Å². The Morgan fingerprint density at radius 2 is 2.09 bits per heavy atom. The Labute approximate surface area is 197 Å². The molecule has 0 saturated carbocycles. The predicted octanol–water partition coefficient (Wildman–Crippen LogP) is 2.11. The van der Waals surface area contributed by atoms with E-state index in [1.54, 1.807) is 0 Å². The lowest BCUT2D eigenvalue weighted by Gasteiger charge is -2.36. The van der Waals surface area contributed by atoms with E-state index in [0.717, 1.165) is 12.5 Å². The SMILES string of the molecule is CC1CCN(c2nc(O[C@@H]3CCOC3)c(F)cc2C(=O)NS(=O)(=O)c2cccc(N)n2)C1(C)C. The maximum absolute atomic E-state index is 15.0. The number of nitrogens with two attached hydrogens (primary N) is 1. The number of aromatic nitrogens is 2. The van der Waals surface area contributed by atoms with Crippen LogP contribution in [0.5, 0.6) is 5.88 Å². The quantitative estimate of drug-likeness (QED) is 0.620. The number of pyridine rings is 2. The summed E-state index contributed by atoms with van der Waals surface area (Å²) < 4.78 is 53.4. The third-order valence-corrected chi connectivity index (χ3v) is 7.76. The van der Waals surface area contributed by atoms with Crippen molar-refractivity contribution in [1.29, 1.82) is 0 Å². The summed E-state index contributed by atoms with van der Waals surface area (Å²) in [6, 6.07) is 4.99. The van der Waals surface area contributed by atoms with Gasteiger partial charge in [-0.25, -0.2) is 14.1 Å². The van der Waals surface area contributed by atoms with Crippen LogP contribution in [0.4, 0.5) is 16.0 Å². The Balaban J connectivity index is 1.73. The number of hydrogen-bond donors (Lipinski definition) is 2. The summed E-state index contributed by atoms with van der Waals surface area (Å²) in [6.07, 6.45) is 1.07. The number of anilines is 2. The van der Waals surface area contributed by atoms with Gasteiger partial charge < -0.3 is 20.1 Å². The van der Waals surface area contributed by atoms with E-state index in [9.17, 15) is 13.2 Å². The standard InChI is InChI=1S/C22H28FN5O5S/c1-13-7-9-28(22(13,2)3)19-15(11-16(23)21(26-19)33-14-8-10-32-12-14)20(29)27-34(30,31)18-6-4-5-17(24)25-18/h4-6,11,13-14H,7-10,12H2,1-3H3,(H2,24,25)(H,27,29)/t13?,14-/m1/s1. The van der Waals surface area contributed by atoms with Gasteiger partial charge in [-0.1, -0.05) is 13.0 Å². The fourth-order valence-electron chi connectivity index (χ4n) is 4.10. The zero-order valence-electron chi connectivity index (χ0n) is 19.2. The molecule has 184 valence electrons. The summed E-state index contributed by atoms with van der Waals surface area (Å²) in [4.78, 5) is 23.2. The van der Waals surface area contributed by atoms with Crippen molar-refractivity contribution in [2.45, 2.75) is 50.3 Å². The molecule has 0 spiro atoms. The predicted molar refractivity (Wildman–Crippen MR) is 123 cm³/mol. The zero-order chi connectivity index (χ0) is 24.7. The first-order valence-electron chi connectivity index (χ1n) is 11.0. The van der Waals surface area contributed by atoms with E-state index in [-0.39, 0.29) is 35.1 Å². The molecule has 2 aliphatic rings. The molecule has 0 aromatic carbocycles. The van der Waals surface area contributed by atoms with E-state index in [1.165, 1.54) is 18.2 Å². The van der Waals surface area contributed by atoms with Crippen molar-refractivity contribution in [1.82, 2.24) is 14.7 Å². The van der Waals surface area contributed by atoms with Crippen molar-refractivity contribution in [2.75, 3.05) is 30.4 Å². The molecule has 1 unspecified atom stereocenters. The van der Waals surface area contributed by atoms with Crippen molar-refractivity contribution < 1.29 is 27.1 Å². The topological polar surface area (TPSA) is 137 Å². The molecule has 10 nitrogen and oxygen atoms in total. The number of rotatable bonds is 6. The van der Waals surface area contributed by atoms with E-state index < -0.39 is 32.3 Å². The number of amides is 1. The van der Waals surface area contributed by atoms with Crippen molar-refractivity contribution in [2.24, 2.45) is 5.92 Å². The average Bonchev–Trinajstić information content (AvgIpc) is 3.37. The Morgan fingerprint density at radius 3 is 2.71 bits per heavy atom. The third kappa shape index (κ3) is 4.64. The van der Waals surface area contributed by atoms with Crippen LogP contribution in [0.2, 0.25) is 0 Å². The number of ether oxygens (including phenoxy) is 2. The first-order chi connectivity index (χ1) is 16.0. The molecule has 2 saturated heterocycles. The Kier molecular flexibility index (Phi) is 6.38. The summed E-state index contributed by atoms with van der Waals surface area (Å²) in [5.74, 6) is -1.77. The first-order valence-corrected chi connectivity index (χ1v) is 12.5. The van der Waals surface area contributed by atoms with E-state index in [2.05, 4.69) is 16.9 Å².